The SMILES string of the molecule is COc1cc(CC(CN)c2ccccc2)cc(OC)c1. The molecule has 0 bridgehead atoms. The van der Waals surface area contributed by atoms with E-state index in [1.165, 1.54) is 11.1 Å². The lowest BCUT2D eigenvalue weighted by Gasteiger charge is -2.16. The maximum absolute atomic E-state index is 5.93. The molecular formula is C17H21NO2. The first kappa shape index (κ1) is 14.4. The quantitative estimate of drug-likeness (QED) is 0.878. The van der Waals surface area contributed by atoms with E-state index in [0.29, 0.717) is 12.5 Å². The van der Waals surface area contributed by atoms with Crippen LogP contribution in [0.4, 0.5) is 0 Å². The van der Waals surface area contributed by atoms with Gasteiger partial charge in [0.1, 0.15) is 11.5 Å². The van der Waals surface area contributed by atoms with Crippen molar-refractivity contribution >= 4 is 0 Å². The molecule has 3 nitrogen and oxygen atoms in total. The summed E-state index contributed by atoms with van der Waals surface area (Å²) >= 11 is 0. The summed E-state index contributed by atoms with van der Waals surface area (Å²) in [4.78, 5) is 0. The molecule has 0 saturated carbocycles. The van der Waals surface area contributed by atoms with Crippen LogP contribution in [0.3, 0.4) is 0 Å². The zero-order valence-electron chi connectivity index (χ0n) is 12.0. The average molecular weight is 271 g/mol. The van der Waals surface area contributed by atoms with Crippen molar-refractivity contribution < 1.29 is 9.47 Å². The molecule has 1 unspecified atom stereocenters. The zero-order chi connectivity index (χ0) is 14.4. The molecule has 106 valence electrons. The first-order valence-corrected chi connectivity index (χ1v) is 6.73. The van der Waals surface area contributed by atoms with Crippen LogP contribution >= 0.6 is 0 Å². The van der Waals surface area contributed by atoms with Crippen molar-refractivity contribution in [3.05, 3.63) is 59.7 Å². The molecule has 0 saturated heterocycles. The zero-order valence-corrected chi connectivity index (χ0v) is 12.0. The Hall–Kier alpha value is -2.00. The first-order valence-electron chi connectivity index (χ1n) is 6.73. The molecule has 0 amide bonds. The van der Waals surface area contributed by atoms with E-state index in [0.717, 1.165) is 17.9 Å². The van der Waals surface area contributed by atoms with Gasteiger partial charge in [-0.1, -0.05) is 30.3 Å². The standard InChI is InChI=1S/C17H21NO2/c1-19-16-9-13(10-17(11-16)20-2)8-15(12-18)14-6-4-3-5-7-14/h3-7,9-11,15H,8,12,18H2,1-2H3. The van der Waals surface area contributed by atoms with Gasteiger partial charge in [-0.05, 0) is 36.2 Å². The van der Waals surface area contributed by atoms with Gasteiger partial charge in [0.25, 0.3) is 0 Å². The van der Waals surface area contributed by atoms with Crippen LogP contribution in [0.2, 0.25) is 0 Å². The van der Waals surface area contributed by atoms with Gasteiger partial charge in [0.2, 0.25) is 0 Å². The monoisotopic (exact) mass is 271 g/mol. The third-order valence-electron chi connectivity index (χ3n) is 3.45. The maximum atomic E-state index is 5.93. The first-order chi connectivity index (χ1) is 9.76. The number of hydrogen-bond acceptors (Lipinski definition) is 3. The predicted molar refractivity (Wildman–Crippen MR) is 81.5 cm³/mol. The fourth-order valence-electron chi connectivity index (χ4n) is 2.33. The van der Waals surface area contributed by atoms with Crippen LogP contribution in [-0.2, 0) is 6.42 Å². The van der Waals surface area contributed by atoms with E-state index in [4.69, 9.17) is 15.2 Å². The molecule has 2 N–H and O–H groups in total. The normalized spacial score (nSPS) is 11.9. The van der Waals surface area contributed by atoms with Crippen molar-refractivity contribution in [1.82, 2.24) is 0 Å². The Morgan fingerprint density at radius 2 is 1.55 bits per heavy atom. The fraction of sp³-hybridized carbons (Fsp3) is 0.294. The molecule has 0 fully saturated rings. The smallest absolute Gasteiger partial charge is 0.122 e. The molecule has 3 heteroatoms. The second-order valence-electron chi connectivity index (χ2n) is 4.77. The summed E-state index contributed by atoms with van der Waals surface area (Å²) in [5.41, 5.74) is 8.36. The summed E-state index contributed by atoms with van der Waals surface area (Å²) in [5, 5.41) is 0. The van der Waals surface area contributed by atoms with Crippen LogP contribution in [0.15, 0.2) is 48.5 Å². The summed E-state index contributed by atoms with van der Waals surface area (Å²) in [5.74, 6) is 1.92. The van der Waals surface area contributed by atoms with Crippen LogP contribution in [0.1, 0.15) is 17.0 Å². The van der Waals surface area contributed by atoms with Crippen molar-refractivity contribution in [3.8, 4) is 11.5 Å². The Morgan fingerprint density at radius 3 is 2.05 bits per heavy atom. The highest BCUT2D eigenvalue weighted by Gasteiger charge is 2.12. The van der Waals surface area contributed by atoms with Crippen molar-refractivity contribution in [3.63, 3.8) is 0 Å². The topological polar surface area (TPSA) is 44.5 Å². The molecule has 2 aromatic rings. The number of rotatable bonds is 6. The molecule has 1 atom stereocenters. The molecule has 0 aliphatic heterocycles. The highest BCUT2D eigenvalue weighted by Crippen LogP contribution is 2.27. The molecule has 2 aromatic carbocycles. The number of nitrogens with two attached hydrogens (primary N) is 1. The van der Waals surface area contributed by atoms with Gasteiger partial charge in [-0.25, -0.2) is 0 Å². The van der Waals surface area contributed by atoms with Gasteiger partial charge in [-0.2, -0.15) is 0 Å². The molecule has 20 heavy (non-hydrogen) atoms. The lowest BCUT2D eigenvalue weighted by molar-refractivity contribution is 0.393. The largest absolute Gasteiger partial charge is 0.497 e. The average Bonchev–Trinajstić information content (AvgIpc) is 2.53. The van der Waals surface area contributed by atoms with Gasteiger partial charge in [0.05, 0.1) is 14.2 Å². The van der Waals surface area contributed by atoms with Crippen LogP contribution in [-0.4, -0.2) is 20.8 Å². The Balaban J connectivity index is 2.23. The molecular weight excluding hydrogens is 250 g/mol. The molecule has 0 aliphatic rings. The highest BCUT2D eigenvalue weighted by atomic mass is 16.5. The molecule has 0 spiro atoms. The van der Waals surface area contributed by atoms with E-state index < -0.39 is 0 Å². The van der Waals surface area contributed by atoms with E-state index >= 15 is 0 Å². The minimum Gasteiger partial charge on any atom is -0.497 e. The molecule has 0 radical (unpaired) electrons. The van der Waals surface area contributed by atoms with Gasteiger partial charge >= 0.3 is 0 Å². The summed E-state index contributed by atoms with van der Waals surface area (Å²) in [7, 11) is 3.33. The Kier molecular flexibility index (Phi) is 5.02. The lowest BCUT2D eigenvalue weighted by atomic mass is 9.92. The van der Waals surface area contributed by atoms with Gasteiger partial charge in [-0.15, -0.1) is 0 Å². The summed E-state index contributed by atoms with van der Waals surface area (Å²) in [6.07, 6.45) is 0.869. The number of benzene rings is 2. The minimum absolute atomic E-state index is 0.299. The van der Waals surface area contributed by atoms with Gasteiger partial charge < -0.3 is 15.2 Å². The van der Waals surface area contributed by atoms with Crippen LogP contribution in [0.5, 0.6) is 11.5 Å². The van der Waals surface area contributed by atoms with E-state index in [-0.39, 0.29) is 0 Å². The highest BCUT2D eigenvalue weighted by molar-refractivity contribution is 5.39. The maximum Gasteiger partial charge on any atom is 0.122 e. The Morgan fingerprint density at radius 1 is 0.950 bits per heavy atom. The predicted octanol–water partition coefficient (Wildman–Crippen LogP) is 2.99. The second kappa shape index (κ2) is 6.96. The number of methoxy groups -OCH3 is 2. The number of ether oxygens (including phenoxy) is 2. The van der Waals surface area contributed by atoms with Gasteiger partial charge in [0.15, 0.2) is 0 Å². The van der Waals surface area contributed by atoms with E-state index in [1.54, 1.807) is 14.2 Å². The van der Waals surface area contributed by atoms with Crippen LogP contribution < -0.4 is 15.2 Å². The van der Waals surface area contributed by atoms with Crippen LogP contribution in [0.25, 0.3) is 0 Å². The van der Waals surface area contributed by atoms with Crippen molar-refractivity contribution in [1.29, 1.82) is 0 Å². The van der Waals surface area contributed by atoms with E-state index in [1.807, 2.05) is 36.4 Å². The van der Waals surface area contributed by atoms with E-state index in [9.17, 15) is 0 Å². The fourth-order valence-corrected chi connectivity index (χ4v) is 2.33. The van der Waals surface area contributed by atoms with E-state index in [2.05, 4.69) is 12.1 Å². The van der Waals surface area contributed by atoms with Crippen molar-refractivity contribution in [2.45, 2.75) is 12.3 Å². The van der Waals surface area contributed by atoms with Crippen molar-refractivity contribution in [2.24, 2.45) is 5.73 Å². The van der Waals surface area contributed by atoms with Crippen LogP contribution in [0, 0.1) is 0 Å². The Labute approximate surface area is 120 Å². The third-order valence-corrected chi connectivity index (χ3v) is 3.45. The summed E-state index contributed by atoms with van der Waals surface area (Å²) in [6, 6.07) is 16.3. The molecule has 0 heterocycles. The third kappa shape index (κ3) is 3.52. The minimum atomic E-state index is 0.299. The molecule has 2 rings (SSSR count). The molecule has 0 aromatic heterocycles. The Bertz CT molecular complexity index is 518. The van der Waals surface area contributed by atoms with Gasteiger partial charge in [0, 0.05) is 12.0 Å². The van der Waals surface area contributed by atoms with Crippen molar-refractivity contribution in [2.75, 3.05) is 20.8 Å². The number of hydrogen-bond donors (Lipinski definition) is 1. The summed E-state index contributed by atoms with van der Waals surface area (Å²) < 4.78 is 10.6. The van der Waals surface area contributed by atoms with Gasteiger partial charge in [-0.3, -0.25) is 0 Å². The second-order valence-corrected chi connectivity index (χ2v) is 4.77. The molecule has 0 aliphatic carbocycles. The summed E-state index contributed by atoms with van der Waals surface area (Å²) in [6.45, 7) is 0.615. The lowest BCUT2D eigenvalue weighted by Crippen LogP contribution is -2.15.